The molecule has 2 amide bonds. The Morgan fingerprint density at radius 1 is 0.952 bits per heavy atom. The number of ether oxygens (including phenoxy) is 1. The molecule has 3 rings (SSSR count). The Labute approximate surface area is 254 Å². The summed E-state index contributed by atoms with van der Waals surface area (Å²) in [6.07, 6.45) is 2.26. The molecular formula is C32H41N3O5S2. The van der Waals surface area contributed by atoms with E-state index in [9.17, 15) is 18.0 Å². The van der Waals surface area contributed by atoms with Crippen LogP contribution in [0.25, 0.3) is 0 Å². The highest BCUT2D eigenvalue weighted by Crippen LogP contribution is 2.27. The predicted molar refractivity (Wildman–Crippen MR) is 169 cm³/mol. The van der Waals surface area contributed by atoms with Crippen molar-refractivity contribution in [3.63, 3.8) is 0 Å². The summed E-state index contributed by atoms with van der Waals surface area (Å²) in [4.78, 5) is 30.1. The van der Waals surface area contributed by atoms with E-state index in [4.69, 9.17) is 4.74 Å². The highest BCUT2D eigenvalue weighted by atomic mass is 32.2. The van der Waals surface area contributed by atoms with Gasteiger partial charge in [-0.25, -0.2) is 8.42 Å². The van der Waals surface area contributed by atoms with Crippen LogP contribution < -0.4 is 14.4 Å². The van der Waals surface area contributed by atoms with Gasteiger partial charge in [-0.3, -0.25) is 13.9 Å². The quantitative estimate of drug-likeness (QED) is 0.266. The van der Waals surface area contributed by atoms with Crippen molar-refractivity contribution >= 4 is 39.3 Å². The van der Waals surface area contributed by atoms with Crippen molar-refractivity contribution in [1.29, 1.82) is 0 Å². The van der Waals surface area contributed by atoms with E-state index in [-0.39, 0.29) is 17.3 Å². The number of hydrogen-bond donors (Lipinski definition) is 1. The summed E-state index contributed by atoms with van der Waals surface area (Å²) in [5, 5.41) is 2.98. The van der Waals surface area contributed by atoms with Crippen LogP contribution in [0.3, 0.4) is 0 Å². The topological polar surface area (TPSA) is 96.0 Å². The van der Waals surface area contributed by atoms with Crippen LogP contribution in [0, 0.1) is 6.92 Å². The van der Waals surface area contributed by atoms with E-state index in [1.807, 2.05) is 53.0 Å². The van der Waals surface area contributed by atoms with Crippen LogP contribution in [0.15, 0.2) is 82.6 Å². The second-order valence-corrected chi connectivity index (χ2v) is 13.8. The van der Waals surface area contributed by atoms with Crippen molar-refractivity contribution in [1.82, 2.24) is 10.2 Å². The Hall–Kier alpha value is -3.50. The zero-order chi connectivity index (χ0) is 31.1. The summed E-state index contributed by atoms with van der Waals surface area (Å²) in [7, 11) is -2.55. The lowest BCUT2D eigenvalue weighted by Crippen LogP contribution is -2.55. The molecule has 226 valence electrons. The Balaban J connectivity index is 2.06. The first-order chi connectivity index (χ1) is 19.8. The number of carbonyl (C=O) groups excluding carboxylic acids is 2. The molecule has 0 spiro atoms. The molecule has 0 fully saturated rings. The van der Waals surface area contributed by atoms with Crippen LogP contribution in [0.2, 0.25) is 0 Å². The average molecular weight is 612 g/mol. The Morgan fingerprint density at radius 2 is 1.55 bits per heavy atom. The first-order valence-electron chi connectivity index (χ1n) is 13.8. The van der Waals surface area contributed by atoms with E-state index < -0.39 is 34.1 Å². The average Bonchev–Trinajstić information content (AvgIpc) is 2.95. The van der Waals surface area contributed by atoms with Crippen LogP contribution >= 0.6 is 11.8 Å². The molecule has 0 aliphatic rings. The Morgan fingerprint density at radius 3 is 2.05 bits per heavy atom. The van der Waals surface area contributed by atoms with E-state index in [0.717, 1.165) is 20.3 Å². The monoisotopic (exact) mass is 611 g/mol. The van der Waals surface area contributed by atoms with Crippen molar-refractivity contribution in [2.45, 2.75) is 69.0 Å². The molecule has 0 heterocycles. The highest BCUT2D eigenvalue weighted by Gasteiger charge is 2.34. The molecule has 0 saturated heterocycles. The number of nitrogens with one attached hydrogen (secondary N) is 1. The standard InChI is InChI=1S/C32H41N3O5S2/c1-8-29(31(37)33-32(3,4)5)34(21-24-11-15-26(40-6)16-12-24)30(36)22-35(25-13-9-23(2)10-14-25)42(38,39)28-19-17-27(41-7)18-20-28/h9-20,29H,8,21-22H2,1-7H3,(H,33,37)/t29-/m0/s1. The largest absolute Gasteiger partial charge is 0.497 e. The molecule has 3 aromatic carbocycles. The van der Waals surface area contributed by atoms with Crippen molar-refractivity contribution in [2.75, 3.05) is 24.2 Å². The second-order valence-electron chi connectivity index (χ2n) is 11.1. The lowest BCUT2D eigenvalue weighted by molar-refractivity contribution is -0.141. The highest BCUT2D eigenvalue weighted by molar-refractivity contribution is 7.98. The molecule has 0 bridgehead atoms. The summed E-state index contributed by atoms with van der Waals surface area (Å²) in [6, 6.07) is 20.0. The second kappa shape index (κ2) is 14.1. The van der Waals surface area contributed by atoms with Gasteiger partial charge in [0.2, 0.25) is 11.8 Å². The minimum Gasteiger partial charge on any atom is -0.497 e. The SMILES string of the molecule is CC[C@@H](C(=O)NC(C)(C)C)N(Cc1ccc(OC)cc1)C(=O)CN(c1ccc(C)cc1)S(=O)(=O)c1ccc(SC)cc1. The van der Waals surface area contributed by atoms with E-state index in [0.29, 0.717) is 17.9 Å². The van der Waals surface area contributed by atoms with Gasteiger partial charge in [-0.05, 0) is 94.5 Å². The van der Waals surface area contributed by atoms with E-state index in [2.05, 4.69) is 5.32 Å². The number of rotatable bonds is 12. The smallest absolute Gasteiger partial charge is 0.264 e. The minimum atomic E-state index is -4.12. The zero-order valence-electron chi connectivity index (χ0n) is 25.4. The van der Waals surface area contributed by atoms with Crippen molar-refractivity contribution < 1.29 is 22.7 Å². The molecule has 3 aromatic rings. The summed E-state index contributed by atoms with van der Waals surface area (Å²) in [6.45, 7) is 9.01. The van der Waals surface area contributed by atoms with Crippen molar-refractivity contribution in [2.24, 2.45) is 0 Å². The van der Waals surface area contributed by atoms with Crippen molar-refractivity contribution in [3.8, 4) is 5.75 Å². The predicted octanol–water partition coefficient (Wildman–Crippen LogP) is 5.64. The van der Waals surface area contributed by atoms with Gasteiger partial charge in [0.25, 0.3) is 10.0 Å². The van der Waals surface area contributed by atoms with Crippen LogP contribution in [-0.4, -0.2) is 56.6 Å². The number of methoxy groups -OCH3 is 1. The fourth-order valence-electron chi connectivity index (χ4n) is 4.41. The minimum absolute atomic E-state index is 0.0768. The maximum atomic E-state index is 14.2. The summed E-state index contributed by atoms with van der Waals surface area (Å²) in [5.41, 5.74) is 1.58. The maximum absolute atomic E-state index is 14.2. The molecule has 0 radical (unpaired) electrons. The van der Waals surface area contributed by atoms with Gasteiger partial charge in [0.05, 0.1) is 17.7 Å². The Bertz CT molecular complexity index is 1450. The number of sulfonamides is 1. The van der Waals surface area contributed by atoms with E-state index >= 15 is 0 Å². The number of thioether (sulfide) groups is 1. The summed E-state index contributed by atoms with van der Waals surface area (Å²) >= 11 is 1.51. The molecule has 1 atom stereocenters. The zero-order valence-corrected chi connectivity index (χ0v) is 27.0. The number of benzene rings is 3. The Kier molecular flexibility index (Phi) is 11.1. The normalized spacial score (nSPS) is 12.4. The molecule has 8 nitrogen and oxygen atoms in total. The van der Waals surface area contributed by atoms with Gasteiger partial charge >= 0.3 is 0 Å². The fourth-order valence-corrected chi connectivity index (χ4v) is 6.24. The molecule has 0 saturated carbocycles. The van der Waals surface area contributed by atoms with Crippen molar-refractivity contribution in [3.05, 3.63) is 83.9 Å². The van der Waals surface area contributed by atoms with Gasteiger partial charge in [-0.1, -0.05) is 36.8 Å². The van der Waals surface area contributed by atoms with E-state index in [1.54, 1.807) is 67.8 Å². The van der Waals surface area contributed by atoms with Gasteiger partial charge in [-0.15, -0.1) is 11.8 Å². The summed E-state index contributed by atoms with van der Waals surface area (Å²) < 4.78 is 34.4. The third kappa shape index (κ3) is 8.51. The first kappa shape index (κ1) is 33.0. The molecule has 42 heavy (non-hydrogen) atoms. The molecule has 0 aliphatic heterocycles. The third-order valence-electron chi connectivity index (χ3n) is 6.64. The number of carbonyl (C=O) groups is 2. The number of anilines is 1. The van der Waals surface area contributed by atoms with Gasteiger partial charge in [0.15, 0.2) is 0 Å². The van der Waals surface area contributed by atoms with Gasteiger partial charge in [-0.2, -0.15) is 0 Å². The van der Waals surface area contributed by atoms with Gasteiger partial charge in [0.1, 0.15) is 18.3 Å². The van der Waals surface area contributed by atoms with Crippen LogP contribution in [-0.2, 0) is 26.2 Å². The number of aryl methyl sites for hydroxylation is 1. The number of amides is 2. The van der Waals surface area contributed by atoms with Crippen LogP contribution in [0.5, 0.6) is 5.75 Å². The lowest BCUT2D eigenvalue weighted by atomic mass is 10.1. The van der Waals surface area contributed by atoms with Crippen LogP contribution in [0.4, 0.5) is 5.69 Å². The maximum Gasteiger partial charge on any atom is 0.264 e. The fraction of sp³-hybridized carbons (Fsp3) is 0.375. The molecule has 0 unspecified atom stereocenters. The number of hydrogen-bond acceptors (Lipinski definition) is 6. The molecular weight excluding hydrogens is 571 g/mol. The van der Waals surface area contributed by atoms with Gasteiger partial charge < -0.3 is 15.0 Å². The molecule has 10 heteroatoms. The molecule has 0 aromatic heterocycles. The van der Waals surface area contributed by atoms with E-state index in [1.165, 1.54) is 16.7 Å². The summed E-state index contributed by atoms with van der Waals surface area (Å²) in [5.74, 6) is -0.130. The van der Waals surface area contributed by atoms with Gasteiger partial charge in [0, 0.05) is 17.0 Å². The first-order valence-corrected chi connectivity index (χ1v) is 16.4. The lowest BCUT2D eigenvalue weighted by Gasteiger charge is -2.34. The molecule has 1 N–H and O–H groups in total. The third-order valence-corrected chi connectivity index (χ3v) is 9.18. The number of nitrogens with zero attached hydrogens (tertiary/aromatic N) is 2. The molecule has 0 aliphatic carbocycles. The van der Waals surface area contributed by atoms with Crippen LogP contribution in [0.1, 0.15) is 45.2 Å².